The van der Waals surface area contributed by atoms with Crippen molar-refractivity contribution >= 4 is 44.3 Å². The number of para-hydroxylation sites is 1. The fourth-order valence-corrected chi connectivity index (χ4v) is 3.90. The van der Waals surface area contributed by atoms with E-state index in [1.54, 1.807) is 24.3 Å². The van der Waals surface area contributed by atoms with Gasteiger partial charge in [-0.3, -0.25) is 10.1 Å². The number of nitrogens with zero attached hydrogens (tertiary/aromatic N) is 1. The van der Waals surface area contributed by atoms with Crippen molar-refractivity contribution < 1.29 is 19.1 Å². The number of thiazole rings is 1. The summed E-state index contributed by atoms with van der Waals surface area (Å²) in [4.78, 5) is 28.8. The van der Waals surface area contributed by atoms with E-state index in [9.17, 15) is 9.59 Å². The minimum atomic E-state index is -0.597. The van der Waals surface area contributed by atoms with Gasteiger partial charge in [-0.15, -0.1) is 11.3 Å². The van der Waals surface area contributed by atoms with Crippen LogP contribution in [0.4, 0.5) is 5.13 Å². The summed E-state index contributed by atoms with van der Waals surface area (Å²) in [5.74, 6) is 0.234. The van der Waals surface area contributed by atoms with Gasteiger partial charge in [0.15, 0.2) is 11.7 Å². The molecule has 160 valence electrons. The van der Waals surface area contributed by atoms with E-state index in [0.29, 0.717) is 22.2 Å². The Morgan fingerprint density at radius 2 is 1.69 bits per heavy atom. The Morgan fingerprint density at radius 3 is 2.44 bits per heavy atom. The Kier molecular flexibility index (Phi) is 6.94. The van der Waals surface area contributed by atoms with E-state index in [4.69, 9.17) is 9.47 Å². The maximum absolute atomic E-state index is 12.2. The Hall–Kier alpha value is -3.49. The number of rotatable bonds is 7. The van der Waals surface area contributed by atoms with Gasteiger partial charge in [-0.2, -0.15) is 0 Å². The molecule has 4 aromatic rings. The molecule has 0 saturated carbocycles. The lowest BCUT2D eigenvalue weighted by molar-refractivity contribution is -0.119. The summed E-state index contributed by atoms with van der Waals surface area (Å²) >= 11 is 4.73. The zero-order chi connectivity index (χ0) is 22.3. The average molecular weight is 509 g/mol. The summed E-state index contributed by atoms with van der Waals surface area (Å²) < 4.78 is 11.7. The molecule has 0 fully saturated rings. The summed E-state index contributed by atoms with van der Waals surface area (Å²) in [6, 6.07) is 23.6. The molecule has 8 heteroatoms. The van der Waals surface area contributed by atoms with Crippen LogP contribution in [0.5, 0.6) is 11.5 Å². The maximum atomic E-state index is 12.2. The van der Waals surface area contributed by atoms with Crippen molar-refractivity contribution in [3.8, 4) is 22.8 Å². The summed E-state index contributed by atoms with van der Waals surface area (Å²) in [5, 5.41) is 4.93. The lowest BCUT2D eigenvalue weighted by atomic mass is 10.2. The molecule has 1 N–H and O–H groups in total. The van der Waals surface area contributed by atoms with Crippen LogP contribution in [-0.2, 0) is 9.53 Å². The van der Waals surface area contributed by atoms with Gasteiger partial charge < -0.3 is 9.47 Å². The molecule has 32 heavy (non-hydrogen) atoms. The molecule has 1 amide bonds. The molecular formula is C24H17BrN2O4S. The van der Waals surface area contributed by atoms with Gasteiger partial charge in [0.05, 0.1) is 11.3 Å². The molecule has 3 aromatic carbocycles. The van der Waals surface area contributed by atoms with Crippen LogP contribution >= 0.6 is 27.3 Å². The van der Waals surface area contributed by atoms with E-state index >= 15 is 0 Å². The zero-order valence-electron chi connectivity index (χ0n) is 16.7. The number of carbonyl (C=O) groups is 2. The minimum absolute atomic E-state index is 0.324. The molecule has 6 nitrogen and oxygen atoms in total. The zero-order valence-corrected chi connectivity index (χ0v) is 19.1. The molecule has 0 radical (unpaired) electrons. The Labute approximate surface area is 197 Å². The number of amides is 1. The molecule has 4 rings (SSSR count). The topological polar surface area (TPSA) is 77.5 Å². The van der Waals surface area contributed by atoms with Gasteiger partial charge in [-0.05, 0) is 48.5 Å². The van der Waals surface area contributed by atoms with Crippen molar-refractivity contribution in [3.63, 3.8) is 0 Å². The molecule has 1 heterocycles. The number of halogens is 1. The number of hydrogen-bond acceptors (Lipinski definition) is 6. The Balaban J connectivity index is 1.28. The van der Waals surface area contributed by atoms with Crippen LogP contribution in [0, 0.1) is 0 Å². The molecule has 0 aliphatic rings. The predicted molar refractivity (Wildman–Crippen MR) is 127 cm³/mol. The van der Waals surface area contributed by atoms with Crippen molar-refractivity contribution in [2.45, 2.75) is 0 Å². The molecular weight excluding hydrogens is 492 g/mol. The number of benzene rings is 3. The molecule has 0 atom stereocenters. The van der Waals surface area contributed by atoms with E-state index in [1.165, 1.54) is 11.3 Å². The first-order chi connectivity index (χ1) is 15.6. The molecule has 0 aliphatic carbocycles. The number of nitrogens with one attached hydrogen (secondary N) is 1. The first kappa shape index (κ1) is 21.7. The quantitative estimate of drug-likeness (QED) is 0.302. The molecule has 0 saturated heterocycles. The van der Waals surface area contributed by atoms with Crippen molar-refractivity contribution in [2.24, 2.45) is 0 Å². The lowest BCUT2D eigenvalue weighted by Gasteiger charge is -2.07. The highest BCUT2D eigenvalue weighted by molar-refractivity contribution is 9.10. The number of carbonyl (C=O) groups excluding carboxylic acids is 2. The van der Waals surface area contributed by atoms with Crippen molar-refractivity contribution in [1.82, 2.24) is 4.98 Å². The number of esters is 1. The van der Waals surface area contributed by atoms with Crippen LogP contribution < -0.4 is 10.1 Å². The Bertz CT molecular complexity index is 1230. The predicted octanol–water partition coefficient (Wildman–Crippen LogP) is 6.16. The third-order valence-corrected chi connectivity index (χ3v) is 5.53. The molecule has 0 unspecified atom stereocenters. The van der Waals surface area contributed by atoms with Crippen LogP contribution in [0.3, 0.4) is 0 Å². The smallest absolute Gasteiger partial charge is 0.338 e. The van der Waals surface area contributed by atoms with E-state index in [0.717, 1.165) is 15.7 Å². The van der Waals surface area contributed by atoms with Gasteiger partial charge in [0, 0.05) is 15.4 Å². The number of hydrogen-bond donors (Lipinski definition) is 1. The normalized spacial score (nSPS) is 10.4. The van der Waals surface area contributed by atoms with Gasteiger partial charge >= 0.3 is 5.97 Å². The number of anilines is 1. The van der Waals surface area contributed by atoms with E-state index in [1.807, 2.05) is 60.0 Å². The Morgan fingerprint density at radius 1 is 0.938 bits per heavy atom. The fraction of sp³-hybridized carbons (Fsp3) is 0.0417. The molecule has 1 aromatic heterocycles. The lowest BCUT2D eigenvalue weighted by Crippen LogP contribution is -2.20. The van der Waals surface area contributed by atoms with Gasteiger partial charge in [-0.25, -0.2) is 9.78 Å². The summed E-state index contributed by atoms with van der Waals surface area (Å²) in [6.45, 7) is -0.410. The molecule has 0 aliphatic heterocycles. The van der Waals surface area contributed by atoms with Crippen LogP contribution in [0.2, 0.25) is 0 Å². The highest BCUT2D eigenvalue weighted by Crippen LogP contribution is 2.27. The summed E-state index contributed by atoms with van der Waals surface area (Å²) in [5.41, 5.74) is 2.01. The second-order valence-corrected chi connectivity index (χ2v) is 8.39. The average Bonchev–Trinajstić information content (AvgIpc) is 3.27. The molecule has 0 bridgehead atoms. The first-order valence-corrected chi connectivity index (χ1v) is 11.3. The van der Waals surface area contributed by atoms with E-state index in [2.05, 4.69) is 26.2 Å². The van der Waals surface area contributed by atoms with Crippen LogP contribution in [-0.4, -0.2) is 23.5 Å². The van der Waals surface area contributed by atoms with E-state index in [-0.39, 0.29) is 0 Å². The van der Waals surface area contributed by atoms with Gasteiger partial charge in [0.25, 0.3) is 5.91 Å². The van der Waals surface area contributed by atoms with Crippen LogP contribution in [0.1, 0.15) is 10.4 Å². The number of aromatic nitrogens is 1. The van der Waals surface area contributed by atoms with Crippen LogP contribution in [0.15, 0.2) is 88.7 Å². The molecule has 0 spiro atoms. The van der Waals surface area contributed by atoms with Crippen molar-refractivity contribution in [1.29, 1.82) is 0 Å². The summed E-state index contributed by atoms with van der Waals surface area (Å²) in [7, 11) is 0. The third kappa shape index (κ3) is 5.81. The maximum Gasteiger partial charge on any atom is 0.338 e. The first-order valence-electron chi connectivity index (χ1n) is 9.58. The van der Waals surface area contributed by atoms with Crippen LogP contribution in [0.25, 0.3) is 11.3 Å². The highest BCUT2D eigenvalue weighted by Gasteiger charge is 2.13. The SMILES string of the molecule is O=C(COC(=O)c1ccc(Oc2ccccc2)cc1)Nc1nc(-c2cccc(Br)c2)cs1. The van der Waals surface area contributed by atoms with Crippen molar-refractivity contribution in [3.05, 3.63) is 94.3 Å². The van der Waals surface area contributed by atoms with Gasteiger partial charge in [0.1, 0.15) is 11.5 Å². The van der Waals surface area contributed by atoms with Crippen molar-refractivity contribution in [2.75, 3.05) is 11.9 Å². The largest absolute Gasteiger partial charge is 0.457 e. The third-order valence-electron chi connectivity index (χ3n) is 4.27. The van der Waals surface area contributed by atoms with Gasteiger partial charge in [0.2, 0.25) is 0 Å². The fourth-order valence-electron chi connectivity index (χ4n) is 2.77. The second-order valence-electron chi connectivity index (χ2n) is 6.61. The van der Waals surface area contributed by atoms with Gasteiger partial charge in [-0.1, -0.05) is 46.3 Å². The monoisotopic (exact) mass is 508 g/mol. The number of ether oxygens (including phenoxy) is 2. The summed E-state index contributed by atoms with van der Waals surface area (Å²) in [6.07, 6.45) is 0. The minimum Gasteiger partial charge on any atom is -0.457 e. The van der Waals surface area contributed by atoms with E-state index < -0.39 is 18.5 Å². The second kappa shape index (κ2) is 10.2. The standard InChI is InChI=1S/C24H17BrN2O4S/c25-18-6-4-5-17(13-18)21-15-32-24(26-21)27-22(28)14-30-23(29)16-9-11-20(12-10-16)31-19-7-2-1-3-8-19/h1-13,15H,14H2,(H,26,27,28). The highest BCUT2D eigenvalue weighted by atomic mass is 79.9.